The lowest BCUT2D eigenvalue weighted by Crippen LogP contribution is -2.55. The lowest BCUT2D eigenvalue weighted by atomic mass is 9.88. The van der Waals surface area contributed by atoms with Crippen LogP contribution in [0.5, 0.6) is 0 Å². The van der Waals surface area contributed by atoms with Crippen molar-refractivity contribution in [2.24, 2.45) is 5.92 Å². The summed E-state index contributed by atoms with van der Waals surface area (Å²) in [6.45, 7) is 7.68. The highest BCUT2D eigenvalue weighted by molar-refractivity contribution is 5.82. The molecular weight excluding hydrogens is 200 g/mol. The first kappa shape index (κ1) is 12.1. The SMILES string of the molecule is CC1C(=O)CCN(C2CCCN(C)C2)C1C. The van der Waals surface area contributed by atoms with Gasteiger partial charge in [-0.3, -0.25) is 9.69 Å². The van der Waals surface area contributed by atoms with Crippen LogP contribution in [0.1, 0.15) is 33.1 Å². The average molecular weight is 224 g/mol. The molecule has 0 aromatic heterocycles. The number of likely N-dealkylation sites (N-methyl/N-ethyl adjacent to an activating group) is 1. The van der Waals surface area contributed by atoms with Crippen molar-refractivity contribution in [3.05, 3.63) is 0 Å². The number of nitrogens with zero attached hydrogens (tertiary/aromatic N) is 2. The van der Waals surface area contributed by atoms with Gasteiger partial charge in [-0.05, 0) is 33.4 Å². The van der Waals surface area contributed by atoms with Crippen LogP contribution in [0.2, 0.25) is 0 Å². The van der Waals surface area contributed by atoms with Crippen molar-refractivity contribution in [1.29, 1.82) is 0 Å². The second kappa shape index (κ2) is 4.84. The number of ketones is 1. The van der Waals surface area contributed by atoms with Crippen molar-refractivity contribution in [3.63, 3.8) is 0 Å². The largest absolute Gasteiger partial charge is 0.305 e. The van der Waals surface area contributed by atoms with Crippen LogP contribution in [0.4, 0.5) is 0 Å². The van der Waals surface area contributed by atoms with Crippen molar-refractivity contribution in [1.82, 2.24) is 9.80 Å². The van der Waals surface area contributed by atoms with E-state index in [0.717, 1.165) is 13.0 Å². The summed E-state index contributed by atoms with van der Waals surface area (Å²) in [7, 11) is 2.20. The minimum Gasteiger partial charge on any atom is -0.305 e. The minimum atomic E-state index is 0.223. The van der Waals surface area contributed by atoms with Gasteiger partial charge in [-0.1, -0.05) is 6.92 Å². The van der Waals surface area contributed by atoms with E-state index in [1.54, 1.807) is 0 Å². The van der Waals surface area contributed by atoms with E-state index in [1.165, 1.54) is 25.9 Å². The predicted molar refractivity (Wildman–Crippen MR) is 65.5 cm³/mol. The summed E-state index contributed by atoms with van der Waals surface area (Å²) in [6, 6.07) is 1.10. The fourth-order valence-corrected chi connectivity index (χ4v) is 3.15. The molecule has 0 aliphatic carbocycles. The van der Waals surface area contributed by atoms with E-state index < -0.39 is 0 Å². The predicted octanol–water partition coefficient (Wildman–Crippen LogP) is 1.38. The van der Waals surface area contributed by atoms with Crippen LogP contribution < -0.4 is 0 Å². The zero-order valence-corrected chi connectivity index (χ0v) is 10.8. The maximum Gasteiger partial charge on any atom is 0.138 e. The van der Waals surface area contributed by atoms with Crippen LogP contribution in [-0.4, -0.2) is 54.3 Å². The summed E-state index contributed by atoms with van der Waals surface area (Å²) < 4.78 is 0. The Balaban J connectivity index is 2.00. The molecule has 0 radical (unpaired) electrons. The fraction of sp³-hybridized carbons (Fsp3) is 0.923. The first-order valence-corrected chi connectivity index (χ1v) is 6.56. The van der Waals surface area contributed by atoms with E-state index in [9.17, 15) is 4.79 Å². The highest BCUT2D eigenvalue weighted by atomic mass is 16.1. The number of hydrogen-bond acceptors (Lipinski definition) is 3. The molecule has 0 saturated carbocycles. The lowest BCUT2D eigenvalue weighted by Gasteiger charge is -2.45. The summed E-state index contributed by atoms with van der Waals surface area (Å²) >= 11 is 0. The molecule has 2 fully saturated rings. The van der Waals surface area contributed by atoms with Gasteiger partial charge in [0.05, 0.1) is 0 Å². The maximum absolute atomic E-state index is 11.7. The fourth-order valence-electron chi connectivity index (χ4n) is 3.15. The van der Waals surface area contributed by atoms with Gasteiger partial charge in [-0.25, -0.2) is 0 Å². The molecule has 0 spiro atoms. The number of likely N-dealkylation sites (tertiary alicyclic amines) is 2. The molecule has 3 unspecified atom stereocenters. The standard InChI is InChI=1S/C13H24N2O/c1-10-11(2)15(8-6-13(10)16)12-5-4-7-14(3)9-12/h10-12H,4-9H2,1-3H3. The second-order valence-corrected chi connectivity index (χ2v) is 5.54. The van der Waals surface area contributed by atoms with Crippen molar-refractivity contribution < 1.29 is 4.79 Å². The Morgan fingerprint density at radius 3 is 2.69 bits per heavy atom. The number of carbonyl (C=O) groups excluding carboxylic acids is 1. The molecule has 3 heteroatoms. The molecule has 2 saturated heterocycles. The normalized spacial score (nSPS) is 38.9. The number of hydrogen-bond donors (Lipinski definition) is 0. The highest BCUT2D eigenvalue weighted by Gasteiger charge is 2.35. The summed E-state index contributed by atoms with van der Waals surface area (Å²) in [5.74, 6) is 0.675. The summed E-state index contributed by atoms with van der Waals surface area (Å²) in [6.07, 6.45) is 3.36. The minimum absolute atomic E-state index is 0.223. The Bertz CT molecular complexity index is 267. The quantitative estimate of drug-likeness (QED) is 0.672. The topological polar surface area (TPSA) is 23.6 Å². The number of Topliss-reactive ketones (excluding diaryl/α,β-unsaturated/α-hetero) is 1. The Kier molecular flexibility index (Phi) is 3.65. The van der Waals surface area contributed by atoms with Crippen molar-refractivity contribution in [2.75, 3.05) is 26.7 Å². The molecule has 0 bridgehead atoms. The molecule has 2 rings (SSSR count). The van der Waals surface area contributed by atoms with E-state index in [0.29, 0.717) is 17.9 Å². The molecule has 2 heterocycles. The summed E-state index contributed by atoms with van der Waals surface area (Å²) in [4.78, 5) is 16.6. The van der Waals surface area contributed by atoms with Gasteiger partial charge in [0.25, 0.3) is 0 Å². The van der Waals surface area contributed by atoms with Crippen molar-refractivity contribution >= 4 is 5.78 Å². The van der Waals surface area contributed by atoms with Gasteiger partial charge in [0, 0.05) is 37.5 Å². The van der Waals surface area contributed by atoms with Gasteiger partial charge in [0.15, 0.2) is 0 Å². The lowest BCUT2D eigenvalue weighted by molar-refractivity contribution is -0.129. The molecule has 3 atom stereocenters. The molecule has 0 aromatic rings. The van der Waals surface area contributed by atoms with Gasteiger partial charge in [-0.15, -0.1) is 0 Å². The Labute approximate surface area is 98.8 Å². The van der Waals surface area contributed by atoms with E-state index in [2.05, 4.69) is 30.7 Å². The molecule has 3 nitrogen and oxygen atoms in total. The maximum atomic E-state index is 11.7. The zero-order chi connectivity index (χ0) is 11.7. The van der Waals surface area contributed by atoms with Crippen LogP contribution >= 0.6 is 0 Å². The van der Waals surface area contributed by atoms with Gasteiger partial charge < -0.3 is 4.90 Å². The van der Waals surface area contributed by atoms with E-state index in [-0.39, 0.29) is 5.92 Å². The highest BCUT2D eigenvalue weighted by Crippen LogP contribution is 2.25. The van der Waals surface area contributed by atoms with Crippen LogP contribution in [0.15, 0.2) is 0 Å². The third-order valence-electron chi connectivity index (χ3n) is 4.44. The third-order valence-corrected chi connectivity index (χ3v) is 4.44. The molecule has 92 valence electrons. The number of rotatable bonds is 1. The molecule has 2 aliphatic heterocycles. The van der Waals surface area contributed by atoms with Gasteiger partial charge >= 0.3 is 0 Å². The molecule has 2 aliphatic rings. The first-order valence-electron chi connectivity index (χ1n) is 6.56. The Hall–Kier alpha value is -0.410. The van der Waals surface area contributed by atoms with Crippen LogP contribution in [0, 0.1) is 5.92 Å². The van der Waals surface area contributed by atoms with E-state index in [1.807, 2.05) is 0 Å². The second-order valence-electron chi connectivity index (χ2n) is 5.54. The van der Waals surface area contributed by atoms with E-state index in [4.69, 9.17) is 0 Å². The van der Waals surface area contributed by atoms with E-state index >= 15 is 0 Å². The first-order chi connectivity index (χ1) is 7.59. The van der Waals surface area contributed by atoms with Crippen LogP contribution in [0.3, 0.4) is 0 Å². The molecule has 0 amide bonds. The van der Waals surface area contributed by atoms with Crippen molar-refractivity contribution in [3.8, 4) is 0 Å². The van der Waals surface area contributed by atoms with Gasteiger partial charge in [0.2, 0.25) is 0 Å². The summed E-state index contributed by atoms with van der Waals surface area (Å²) in [5, 5.41) is 0. The zero-order valence-electron chi connectivity index (χ0n) is 10.8. The van der Waals surface area contributed by atoms with Crippen molar-refractivity contribution in [2.45, 2.75) is 45.2 Å². The summed E-state index contributed by atoms with van der Waals surface area (Å²) in [5.41, 5.74) is 0. The molecule has 16 heavy (non-hydrogen) atoms. The third kappa shape index (κ3) is 2.30. The Morgan fingerprint density at radius 2 is 2.00 bits per heavy atom. The number of piperidine rings is 2. The van der Waals surface area contributed by atoms with Gasteiger partial charge in [-0.2, -0.15) is 0 Å². The molecule has 0 N–H and O–H groups in total. The van der Waals surface area contributed by atoms with Crippen LogP contribution in [-0.2, 0) is 4.79 Å². The van der Waals surface area contributed by atoms with Gasteiger partial charge in [0.1, 0.15) is 5.78 Å². The Morgan fingerprint density at radius 1 is 1.25 bits per heavy atom. The van der Waals surface area contributed by atoms with Crippen LogP contribution in [0.25, 0.3) is 0 Å². The average Bonchev–Trinajstić information content (AvgIpc) is 2.26. The number of carbonyl (C=O) groups is 1. The molecular formula is C13H24N2O. The smallest absolute Gasteiger partial charge is 0.138 e. The monoisotopic (exact) mass is 224 g/mol. The molecule has 0 aromatic carbocycles.